The zero-order chi connectivity index (χ0) is 20.4. The van der Waals surface area contributed by atoms with Gasteiger partial charge in [0.05, 0.1) is 6.42 Å². The minimum absolute atomic E-state index is 0.00628. The fourth-order valence-corrected chi connectivity index (χ4v) is 4.81. The molecule has 4 rings (SSSR count). The fraction of sp³-hybridized carbons (Fsp3) is 0.391. The number of piperidine rings is 1. The number of carbonyl (C=O) groups is 2. The molecule has 0 unspecified atom stereocenters. The third kappa shape index (κ3) is 4.44. The summed E-state index contributed by atoms with van der Waals surface area (Å²) in [6.45, 7) is 2.67. The minimum Gasteiger partial charge on any atom is -0.342 e. The van der Waals surface area contributed by atoms with E-state index in [-0.39, 0.29) is 24.2 Å². The molecule has 29 heavy (non-hydrogen) atoms. The first-order chi connectivity index (χ1) is 14.0. The molecule has 0 aromatic heterocycles. The largest absolute Gasteiger partial charge is 0.342 e. The molecule has 4 nitrogen and oxygen atoms in total. The Hall–Kier alpha value is -2.04. The fourth-order valence-electron chi connectivity index (χ4n) is 4.28. The molecule has 2 aliphatic rings. The quantitative estimate of drug-likeness (QED) is 0.725. The highest BCUT2D eigenvalue weighted by Gasteiger charge is 2.31. The van der Waals surface area contributed by atoms with Gasteiger partial charge in [0, 0.05) is 42.1 Å². The molecule has 0 aliphatic carbocycles. The van der Waals surface area contributed by atoms with Gasteiger partial charge in [0.15, 0.2) is 0 Å². The van der Waals surface area contributed by atoms with Gasteiger partial charge in [0.25, 0.3) is 0 Å². The third-order valence-corrected chi connectivity index (χ3v) is 6.74. The Labute approximate surface area is 181 Å². The van der Waals surface area contributed by atoms with Gasteiger partial charge in [-0.3, -0.25) is 9.59 Å². The lowest BCUT2D eigenvalue weighted by Gasteiger charge is -2.36. The number of amides is 2. The monoisotopic (exact) mass is 430 g/mol. The average molecular weight is 431 g/mol. The van der Waals surface area contributed by atoms with Crippen molar-refractivity contribution in [2.45, 2.75) is 32.2 Å². The molecule has 6 heteroatoms. The van der Waals surface area contributed by atoms with Crippen molar-refractivity contribution in [3.63, 3.8) is 0 Å². The maximum absolute atomic E-state index is 13.0. The van der Waals surface area contributed by atoms with Crippen LogP contribution in [0.4, 0.5) is 0 Å². The number of likely N-dealkylation sites (tertiary alicyclic amines) is 1. The van der Waals surface area contributed by atoms with Crippen LogP contribution in [-0.2, 0) is 29.0 Å². The van der Waals surface area contributed by atoms with E-state index >= 15 is 0 Å². The summed E-state index contributed by atoms with van der Waals surface area (Å²) in [4.78, 5) is 29.5. The molecule has 0 N–H and O–H groups in total. The Balaban J connectivity index is 1.32. The number of hydrogen-bond acceptors (Lipinski definition) is 2. The number of carbonyl (C=O) groups excluding carboxylic acids is 2. The zero-order valence-corrected chi connectivity index (χ0v) is 17.8. The van der Waals surface area contributed by atoms with Crippen molar-refractivity contribution in [2.75, 3.05) is 19.6 Å². The Morgan fingerprint density at radius 3 is 2.21 bits per heavy atom. The number of hydrogen-bond donors (Lipinski definition) is 0. The van der Waals surface area contributed by atoms with E-state index < -0.39 is 0 Å². The Morgan fingerprint density at radius 1 is 0.862 bits per heavy atom. The topological polar surface area (TPSA) is 40.6 Å². The van der Waals surface area contributed by atoms with Gasteiger partial charge < -0.3 is 9.80 Å². The summed E-state index contributed by atoms with van der Waals surface area (Å²) in [5.74, 6) is 0.228. The second-order valence-electron chi connectivity index (χ2n) is 7.81. The maximum atomic E-state index is 13.0. The molecule has 0 spiro atoms. The first-order valence-corrected chi connectivity index (χ1v) is 10.8. The van der Waals surface area contributed by atoms with E-state index in [1.807, 2.05) is 15.9 Å². The van der Waals surface area contributed by atoms with E-state index in [1.54, 1.807) is 18.2 Å². The van der Waals surface area contributed by atoms with Gasteiger partial charge in [0.2, 0.25) is 11.8 Å². The zero-order valence-electron chi connectivity index (χ0n) is 16.2. The van der Waals surface area contributed by atoms with Crippen LogP contribution in [0.5, 0.6) is 0 Å². The Kier molecular flexibility index (Phi) is 6.12. The lowest BCUT2D eigenvalue weighted by molar-refractivity contribution is -0.141. The molecule has 0 radical (unpaired) electrons. The van der Waals surface area contributed by atoms with E-state index in [9.17, 15) is 9.59 Å². The number of rotatable bonds is 3. The van der Waals surface area contributed by atoms with Gasteiger partial charge in [-0.05, 0) is 48.1 Å². The Bertz CT molecular complexity index is 903. The van der Waals surface area contributed by atoms with Crippen LogP contribution in [0.3, 0.4) is 0 Å². The summed E-state index contributed by atoms with van der Waals surface area (Å²) in [5, 5.41) is 1.03. The summed E-state index contributed by atoms with van der Waals surface area (Å²) in [7, 11) is 0. The molecule has 2 heterocycles. The van der Waals surface area contributed by atoms with E-state index in [2.05, 4.69) is 18.2 Å². The van der Waals surface area contributed by atoms with Crippen LogP contribution in [0.15, 0.2) is 42.5 Å². The molecule has 0 bridgehead atoms. The van der Waals surface area contributed by atoms with Gasteiger partial charge in [-0.15, -0.1) is 0 Å². The molecule has 1 saturated heterocycles. The number of nitrogens with zero attached hydrogens (tertiary/aromatic N) is 2. The normalized spacial score (nSPS) is 17.2. The molecule has 2 aromatic carbocycles. The van der Waals surface area contributed by atoms with Crippen molar-refractivity contribution >= 4 is 35.0 Å². The number of halogens is 2. The van der Waals surface area contributed by atoms with Crippen molar-refractivity contribution in [3.05, 3.63) is 69.2 Å². The van der Waals surface area contributed by atoms with E-state index in [0.29, 0.717) is 48.1 Å². The third-order valence-electron chi connectivity index (χ3n) is 6.03. The molecule has 2 amide bonds. The van der Waals surface area contributed by atoms with Gasteiger partial charge in [0.1, 0.15) is 0 Å². The van der Waals surface area contributed by atoms with E-state index in [0.717, 1.165) is 13.0 Å². The molecule has 0 saturated carbocycles. The summed E-state index contributed by atoms with van der Waals surface area (Å²) in [6.07, 6.45) is 2.52. The summed E-state index contributed by atoms with van der Waals surface area (Å²) in [6, 6.07) is 13.6. The predicted octanol–water partition coefficient (Wildman–Crippen LogP) is 4.36. The van der Waals surface area contributed by atoms with Crippen LogP contribution in [-0.4, -0.2) is 41.2 Å². The van der Waals surface area contributed by atoms with Gasteiger partial charge in [-0.25, -0.2) is 0 Å². The molecule has 152 valence electrons. The van der Waals surface area contributed by atoms with Crippen LogP contribution in [0.25, 0.3) is 0 Å². The lowest BCUT2D eigenvalue weighted by Crippen LogP contribution is -2.46. The first kappa shape index (κ1) is 20.2. The Morgan fingerprint density at radius 2 is 1.52 bits per heavy atom. The standard InChI is InChI=1S/C23H24Cl2N2O2/c24-20-6-3-7-21(25)19(20)14-22(28)26-11-9-17(10-12-26)23(29)27-13-8-16-4-1-2-5-18(16)15-27/h1-7,17H,8-15H2. The highest BCUT2D eigenvalue weighted by atomic mass is 35.5. The number of benzene rings is 2. The van der Waals surface area contributed by atoms with Crippen LogP contribution >= 0.6 is 23.2 Å². The molecular formula is C23H24Cl2N2O2. The maximum Gasteiger partial charge on any atom is 0.227 e. The van der Waals surface area contributed by atoms with Crippen molar-refractivity contribution in [1.82, 2.24) is 9.80 Å². The lowest BCUT2D eigenvalue weighted by atomic mass is 9.92. The SMILES string of the molecule is O=C(Cc1c(Cl)cccc1Cl)N1CCC(C(=O)N2CCc3ccccc3C2)CC1. The minimum atomic E-state index is -0.00628. The second kappa shape index (κ2) is 8.76. The molecule has 1 fully saturated rings. The number of fused-ring (bicyclic) bond motifs is 1. The van der Waals surface area contributed by atoms with Crippen molar-refractivity contribution < 1.29 is 9.59 Å². The predicted molar refractivity (Wildman–Crippen MR) is 115 cm³/mol. The van der Waals surface area contributed by atoms with Gasteiger partial charge in [-0.2, -0.15) is 0 Å². The van der Waals surface area contributed by atoms with E-state index in [1.165, 1.54) is 11.1 Å². The molecule has 2 aliphatic heterocycles. The summed E-state index contributed by atoms with van der Waals surface area (Å²) < 4.78 is 0. The molecular weight excluding hydrogens is 407 g/mol. The summed E-state index contributed by atoms with van der Waals surface area (Å²) >= 11 is 12.4. The second-order valence-corrected chi connectivity index (χ2v) is 8.62. The summed E-state index contributed by atoms with van der Waals surface area (Å²) in [5.41, 5.74) is 3.26. The van der Waals surface area contributed by atoms with E-state index in [4.69, 9.17) is 23.2 Å². The van der Waals surface area contributed by atoms with Gasteiger partial charge in [-0.1, -0.05) is 53.5 Å². The van der Waals surface area contributed by atoms with Crippen LogP contribution in [0, 0.1) is 5.92 Å². The highest BCUT2D eigenvalue weighted by Crippen LogP contribution is 2.27. The van der Waals surface area contributed by atoms with Crippen LogP contribution < -0.4 is 0 Å². The highest BCUT2D eigenvalue weighted by molar-refractivity contribution is 6.36. The van der Waals surface area contributed by atoms with Crippen molar-refractivity contribution in [3.8, 4) is 0 Å². The van der Waals surface area contributed by atoms with Crippen molar-refractivity contribution in [1.29, 1.82) is 0 Å². The van der Waals surface area contributed by atoms with Crippen LogP contribution in [0.2, 0.25) is 10.0 Å². The average Bonchev–Trinajstić information content (AvgIpc) is 2.75. The van der Waals surface area contributed by atoms with Crippen LogP contribution in [0.1, 0.15) is 29.5 Å². The molecule has 2 aromatic rings. The van der Waals surface area contributed by atoms with Crippen molar-refractivity contribution in [2.24, 2.45) is 5.92 Å². The first-order valence-electron chi connectivity index (χ1n) is 10.1. The van der Waals surface area contributed by atoms with Gasteiger partial charge >= 0.3 is 0 Å². The molecule has 0 atom stereocenters. The smallest absolute Gasteiger partial charge is 0.227 e.